The number of ether oxygens (including phenoxy) is 1. The number of halogens is 1. The lowest BCUT2D eigenvalue weighted by molar-refractivity contribution is -0.128. The number of hydrogen-bond donors (Lipinski definition) is 2. The Balaban J connectivity index is 4.03. The standard InChI is InChI=1S/C11H21BrN2O3/c1-7(2)9(12)11(16)14-8(3)10(15)13-5-6-17-4/h7-9H,5-6H2,1-4H3,(H,13,15)(H,14,16). The minimum atomic E-state index is -0.543. The molecular weight excluding hydrogens is 288 g/mol. The molecule has 0 aliphatic carbocycles. The summed E-state index contributed by atoms with van der Waals surface area (Å²) in [5.41, 5.74) is 0. The van der Waals surface area contributed by atoms with Crippen LogP contribution in [0.25, 0.3) is 0 Å². The summed E-state index contributed by atoms with van der Waals surface area (Å²) >= 11 is 3.29. The van der Waals surface area contributed by atoms with Gasteiger partial charge in [-0.1, -0.05) is 29.8 Å². The molecule has 2 amide bonds. The van der Waals surface area contributed by atoms with Crippen LogP contribution in [0.15, 0.2) is 0 Å². The number of carbonyl (C=O) groups excluding carboxylic acids is 2. The van der Waals surface area contributed by atoms with Gasteiger partial charge in [-0.25, -0.2) is 0 Å². The van der Waals surface area contributed by atoms with Gasteiger partial charge in [0.05, 0.1) is 11.4 Å². The molecule has 2 N–H and O–H groups in total. The predicted octanol–water partition coefficient (Wildman–Crippen LogP) is 0.673. The van der Waals surface area contributed by atoms with Gasteiger partial charge in [-0.3, -0.25) is 9.59 Å². The van der Waals surface area contributed by atoms with Gasteiger partial charge < -0.3 is 15.4 Å². The minimum Gasteiger partial charge on any atom is -0.383 e. The summed E-state index contributed by atoms with van der Waals surface area (Å²) in [7, 11) is 1.56. The summed E-state index contributed by atoms with van der Waals surface area (Å²) in [6, 6.07) is -0.543. The quantitative estimate of drug-likeness (QED) is 0.537. The van der Waals surface area contributed by atoms with E-state index in [-0.39, 0.29) is 22.6 Å². The van der Waals surface area contributed by atoms with Crippen LogP contribution >= 0.6 is 15.9 Å². The van der Waals surface area contributed by atoms with Gasteiger partial charge in [0.2, 0.25) is 11.8 Å². The summed E-state index contributed by atoms with van der Waals surface area (Å²) < 4.78 is 4.81. The molecule has 2 unspecified atom stereocenters. The lowest BCUT2D eigenvalue weighted by Gasteiger charge is -2.18. The van der Waals surface area contributed by atoms with E-state index in [9.17, 15) is 9.59 Å². The second-order valence-electron chi connectivity index (χ2n) is 4.16. The molecule has 0 aliphatic rings. The first-order valence-electron chi connectivity index (χ1n) is 5.61. The van der Waals surface area contributed by atoms with Gasteiger partial charge in [-0.05, 0) is 12.8 Å². The SMILES string of the molecule is COCCNC(=O)C(C)NC(=O)C(Br)C(C)C. The Bertz CT molecular complexity index is 259. The zero-order valence-corrected chi connectivity index (χ0v) is 12.3. The van der Waals surface area contributed by atoms with Gasteiger partial charge >= 0.3 is 0 Å². The molecule has 17 heavy (non-hydrogen) atoms. The fourth-order valence-electron chi connectivity index (χ4n) is 1.09. The number of nitrogens with one attached hydrogen (secondary N) is 2. The highest BCUT2D eigenvalue weighted by atomic mass is 79.9. The Labute approximate surface area is 111 Å². The summed E-state index contributed by atoms with van der Waals surface area (Å²) in [6.45, 7) is 6.42. The summed E-state index contributed by atoms with van der Waals surface area (Å²) in [5.74, 6) is -0.202. The summed E-state index contributed by atoms with van der Waals surface area (Å²) in [6.07, 6.45) is 0. The topological polar surface area (TPSA) is 67.4 Å². The Hall–Kier alpha value is -0.620. The van der Waals surface area contributed by atoms with Crippen molar-refractivity contribution in [1.29, 1.82) is 0 Å². The van der Waals surface area contributed by atoms with Crippen molar-refractivity contribution < 1.29 is 14.3 Å². The Morgan fingerprint density at radius 1 is 1.24 bits per heavy atom. The first-order chi connectivity index (χ1) is 7.90. The predicted molar refractivity (Wildman–Crippen MR) is 70.0 cm³/mol. The van der Waals surface area contributed by atoms with E-state index >= 15 is 0 Å². The zero-order valence-electron chi connectivity index (χ0n) is 10.7. The highest BCUT2D eigenvalue weighted by Crippen LogP contribution is 2.11. The van der Waals surface area contributed by atoms with E-state index in [2.05, 4.69) is 26.6 Å². The van der Waals surface area contributed by atoms with E-state index in [1.165, 1.54) is 0 Å². The van der Waals surface area contributed by atoms with Crippen molar-refractivity contribution in [2.24, 2.45) is 5.92 Å². The highest BCUT2D eigenvalue weighted by Gasteiger charge is 2.22. The summed E-state index contributed by atoms with van der Waals surface area (Å²) in [5, 5.41) is 5.31. The van der Waals surface area contributed by atoms with Gasteiger partial charge in [-0.2, -0.15) is 0 Å². The Morgan fingerprint density at radius 3 is 2.29 bits per heavy atom. The molecule has 0 aromatic heterocycles. The van der Waals surface area contributed by atoms with Crippen LogP contribution in [-0.2, 0) is 14.3 Å². The number of hydrogen-bond acceptors (Lipinski definition) is 3. The van der Waals surface area contributed by atoms with Gasteiger partial charge in [0, 0.05) is 13.7 Å². The molecule has 0 aliphatic heterocycles. The van der Waals surface area contributed by atoms with Crippen molar-refractivity contribution in [2.45, 2.75) is 31.6 Å². The van der Waals surface area contributed by atoms with Crippen LogP contribution in [0.4, 0.5) is 0 Å². The van der Waals surface area contributed by atoms with Crippen LogP contribution in [0, 0.1) is 5.92 Å². The largest absolute Gasteiger partial charge is 0.383 e. The van der Waals surface area contributed by atoms with Crippen molar-refractivity contribution in [1.82, 2.24) is 10.6 Å². The van der Waals surface area contributed by atoms with Crippen LogP contribution in [-0.4, -0.2) is 42.9 Å². The van der Waals surface area contributed by atoms with Crippen LogP contribution in [0.1, 0.15) is 20.8 Å². The maximum atomic E-state index is 11.7. The molecular formula is C11H21BrN2O3. The molecule has 0 rings (SSSR count). The van der Waals surface area contributed by atoms with Gasteiger partial charge in [0.15, 0.2) is 0 Å². The first kappa shape index (κ1) is 16.4. The third-order valence-electron chi connectivity index (χ3n) is 2.19. The van der Waals surface area contributed by atoms with Crippen molar-refractivity contribution in [3.05, 3.63) is 0 Å². The third kappa shape index (κ3) is 6.63. The smallest absolute Gasteiger partial charge is 0.242 e. The number of rotatable bonds is 7. The van der Waals surface area contributed by atoms with Crippen molar-refractivity contribution in [2.75, 3.05) is 20.3 Å². The molecule has 6 heteroatoms. The highest BCUT2D eigenvalue weighted by molar-refractivity contribution is 9.10. The van der Waals surface area contributed by atoms with Crippen LogP contribution in [0.2, 0.25) is 0 Å². The van der Waals surface area contributed by atoms with E-state index in [0.29, 0.717) is 13.2 Å². The van der Waals surface area contributed by atoms with Gasteiger partial charge in [0.1, 0.15) is 6.04 Å². The molecule has 0 spiro atoms. The fourth-order valence-corrected chi connectivity index (χ4v) is 1.22. The first-order valence-corrected chi connectivity index (χ1v) is 6.52. The number of amides is 2. The van der Waals surface area contributed by atoms with E-state index in [1.807, 2.05) is 13.8 Å². The van der Waals surface area contributed by atoms with Crippen molar-refractivity contribution in [3.8, 4) is 0 Å². The lowest BCUT2D eigenvalue weighted by Crippen LogP contribution is -2.48. The Morgan fingerprint density at radius 2 is 1.82 bits per heavy atom. The van der Waals surface area contributed by atoms with Crippen LogP contribution in [0.5, 0.6) is 0 Å². The molecule has 5 nitrogen and oxygen atoms in total. The molecule has 0 aromatic rings. The number of alkyl halides is 1. The normalized spacial score (nSPS) is 14.2. The van der Waals surface area contributed by atoms with Crippen LogP contribution in [0.3, 0.4) is 0 Å². The van der Waals surface area contributed by atoms with Gasteiger partial charge in [0.25, 0.3) is 0 Å². The molecule has 100 valence electrons. The molecule has 0 heterocycles. The third-order valence-corrected chi connectivity index (χ3v) is 3.67. The average molecular weight is 309 g/mol. The maximum Gasteiger partial charge on any atom is 0.242 e. The monoisotopic (exact) mass is 308 g/mol. The number of carbonyl (C=O) groups is 2. The molecule has 0 aromatic carbocycles. The second-order valence-corrected chi connectivity index (χ2v) is 5.15. The molecule has 0 bridgehead atoms. The second kappa shape index (κ2) is 8.47. The Kier molecular flexibility index (Phi) is 8.16. The molecule has 0 saturated carbocycles. The van der Waals surface area contributed by atoms with E-state index in [4.69, 9.17) is 4.74 Å². The minimum absolute atomic E-state index is 0.172. The molecule has 2 atom stereocenters. The maximum absolute atomic E-state index is 11.7. The lowest BCUT2D eigenvalue weighted by atomic mass is 10.1. The molecule has 0 fully saturated rings. The van der Waals surface area contributed by atoms with E-state index < -0.39 is 6.04 Å². The number of methoxy groups -OCH3 is 1. The van der Waals surface area contributed by atoms with E-state index in [0.717, 1.165) is 0 Å². The molecule has 0 saturated heterocycles. The van der Waals surface area contributed by atoms with Gasteiger partial charge in [-0.15, -0.1) is 0 Å². The van der Waals surface area contributed by atoms with Crippen molar-refractivity contribution in [3.63, 3.8) is 0 Å². The fraction of sp³-hybridized carbons (Fsp3) is 0.818. The van der Waals surface area contributed by atoms with Crippen LogP contribution < -0.4 is 10.6 Å². The van der Waals surface area contributed by atoms with E-state index in [1.54, 1.807) is 14.0 Å². The summed E-state index contributed by atoms with van der Waals surface area (Å²) in [4.78, 5) is 22.9. The zero-order chi connectivity index (χ0) is 13.4. The van der Waals surface area contributed by atoms with Crippen molar-refractivity contribution >= 4 is 27.7 Å². The molecule has 0 radical (unpaired) electrons. The average Bonchev–Trinajstić information content (AvgIpc) is 2.27.